The lowest BCUT2D eigenvalue weighted by molar-refractivity contribution is -0.121. The summed E-state index contributed by atoms with van der Waals surface area (Å²) in [4.78, 5) is 38.4. The maximum absolute atomic E-state index is 11.4. The van der Waals surface area contributed by atoms with Gasteiger partial charge in [0, 0.05) is 19.0 Å². The van der Waals surface area contributed by atoms with Crippen molar-refractivity contribution >= 4 is 36.0 Å². The van der Waals surface area contributed by atoms with E-state index in [2.05, 4.69) is 4.98 Å². The van der Waals surface area contributed by atoms with Gasteiger partial charge in [0.1, 0.15) is 5.56 Å². The summed E-state index contributed by atoms with van der Waals surface area (Å²) in [7, 11) is 0. The van der Waals surface area contributed by atoms with E-state index >= 15 is 0 Å². The molecule has 0 bridgehead atoms. The zero-order chi connectivity index (χ0) is 11.7. The van der Waals surface area contributed by atoms with E-state index in [0.29, 0.717) is 0 Å². The van der Waals surface area contributed by atoms with Crippen LogP contribution in [0.4, 0.5) is 5.82 Å². The number of nitrogens with zero attached hydrogens (tertiary/aromatic N) is 2. The largest absolute Gasteiger partial charge is 0.478 e. The fourth-order valence-corrected chi connectivity index (χ4v) is 1.55. The van der Waals surface area contributed by atoms with E-state index in [1.165, 1.54) is 18.3 Å². The molecule has 2 heterocycles. The molecule has 0 saturated carbocycles. The number of carbonyl (C=O) groups excluding carboxylic acids is 2. The average Bonchev–Trinajstić information content (AvgIpc) is 2.58. The van der Waals surface area contributed by atoms with Crippen molar-refractivity contribution < 1.29 is 19.5 Å². The first-order chi connectivity index (χ1) is 7.61. The van der Waals surface area contributed by atoms with E-state index in [1.807, 2.05) is 0 Å². The minimum atomic E-state index is -1.21. The Morgan fingerprint density at radius 3 is 2.41 bits per heavy atom. The van der Waals surface area contributed by atoms with Crippen molar-refractivity contribution in [3.8, 4) is 0 Å². The molecule has 0 atom stereocenters. The molecule has 1 saturated heterocycles. The minimum absolute atomic E-state index is 0. The highest BCUT2D eigenvalue weighted by Crippen LogP contribution is 2.23. The molecule has 0 aliphatic carbocycles. The van der Waals surface area contributed by atoms with Crippen LogP contribution >= 0.6 is 12.4 Å². The zero-order valence-electron chi connectivity index (χ0n) is 8.62. The quantitative estimate of drug-likeness (QED) is 0.793. The Bertz CT molecular complexity index is 473. The summed E-state index contributed by atoms with van der Waals surface area (Å²) in [6.45, 7) is 0. The SMILES string of the molecule is Cl.O=C(O)c1cccnc1N1C(=O)CCC1=O. The summed E-state index contributed by atoms with van der Waals surface area (Å²) in [6.07, 6.45) is 1.56. The van der Waals surface area contributed by atoms with E-state index in [1.54, 1.807) is 0 Å². The number of carbonyl (C=O) groups is 3. The molecule has 0 unspecified atom stereocenters. The number of anilines is 1. The molecular formula is C10H9ClN2O4. The highest BCUT2D eigenvalue weighted by molar-refractivity contribution is 6.21. The molecule has 0 spiro atoms. The van der Waals surface area contributed by atoms with Crippen LogP contribution in [0.3, 0.4) is 0 Å². The second kappa shape index (κ2) is 4.92. The van der Waals surface area contributed by atoms with E-state index in [0.717, 1.165) is 4.90 Å². The molecule has 0 radical (unpaired) electrons. The van der Waals surface area contributed by atoms with Crippen molar-refractivity contribution in [2.75, 3.05) is 4.90 Å². The average molecular weight is 257 g/mol. The summed E-state index contributed by atoms with van der Waals surface area (Å²) in [5.74, 6) is -2.13. The lowest BCUT2D eigenvalue weighted by Crippen LogP contribution is -2.31. The van der Waals surface area contributed by atoms with Gasteiger partial charge < -0.3 is 5.11 Å². The monoisotopic (exact) mass is 256 g/mol. The summed E-state index contributed by atoms with van der Waals surface area (Å²) in [5, 5.41) is 8.91. The number of carboxylic acid groups (broad SMARTS) is 1. The molecule has 1 N–H and O–H groups in total. The van der Waals surface area contributed by atoms with Crippen molar-refractivity contribution in [1.82, 2.24) is 4.98 Å². The van der Waals surface area contributed by atoms with Crippen LogP contribution in [-0.4, -0.2) is 27.9 Å². The normalized spacial score (nSPS) is 14.7. The molecule has 1 aliphatic rings. The van der Waals surface area contributed by atoms with Crippen molar-refractivity contribution in [2.45, 2.75) is 12.8 Å². The van der Waals surface area contributed by atoms with Gasteiger partial charge in [-0.2, -0.15) is 0 Å². The van der Waals surface area contributed by atoms with Crippen molar-refractivity contribution in [1.29, 1.82) is 0 Å². The van der Waals surface area contributed by atoms with E-state index < -0.39 is 17.8 Å². The number of aromatic nitrogens is 1. The molecule has 1 aromatic rings. The van der Waals surface area contributed by atoms with Crippen LogP contribution in [0.15, 0.2) is 18.3 Å². The van der Waals surface area contributed by atoms with Crippen LogP contribution in [0.2, 0.25) is 0 Å². The molecular weight excluding hydrogens is 248 g/mol. The van der Waals surface area contributed by atoms with Crippen LogP contribution in [0.5, 0.6) is 0 Å². The molecule has 1 fully saturated rings. The Balaban J connectivity index is 0.00000144. The number of halogens is 1. The molecule has 6 nitrogen and oxygen atoms in total. The summed E-state index contributed by atoms with van der Waals surface area (Å²) < 4.78 is 0. The predicted octanol–water partition coefficient (Wildman–Crippen LogP) is 0.855. The number of hydrogen-bond acceptors (Lipinski definition) is 4. The molecule has 17 heavy (non-hydrogen) atoms. The maximum atomic E-state index is 11.4. The lowest BCUT2D eigenvalue weighted by atomic mass is 10.2. The summed E-state index contributed by atoms with van der Waals surface area (Å²) in [5.41, 5.74) is -0.147. The number of carboxylic acids is 1. The first-order valence-electron chi connectivity index (χ1n) is 4.65. The molecule has 1 aromatic heterocycles. The Kier molecular flexibility index (Phi) is 3.80. The third kappa shape index (κ3) is 2.26. The van der Waals surface area contributed by atoms with E-state index in [-0.39, 0.29) is 36.6 Å². The Morgan fingerprint density at radius 1 is 1.29 bits per heavy atom. The second-order valence-electron chi connectivity index (χ2n) is 3.30. The number of amides is 2. The van der Waals surface area contributed by atoms with Gasteiger partial charge in [-0.05, 0) is 12.1 Å². The van der Waals surface area contributed by atoms with Gasteiger partial charge in [-0.1, -0.05) is 0 Å². The Morgan fingerprint density at radius 2 is 1.88 bits per heavy atom. The molecule has 2 rings (SSSR count). The fourth-order valence-electron chi connectivity index (χ4n) is 1.55. The van der Waals surface area contributed by atoms with Crippen molar-refractivity contribution in [3.63, 3.8) is 0 Å². The molecule has 2 amide bonds. The smallest absolute Gasteiger partial charge is 0.339 e. The lowest BCUT2D eigenvalue weighted by Gasteiger charge is -2.14. The fraction of sp³-hybridized carbons (Fsp3) is 0.200. The van der Waals surface area contributed by atoms with Gasteiger partial charge in [0.25, 0.3) is 0 Å². The van der Waals surface area contributed by atoms with E-state index in [9.17, 15) is 14.4 Å². The molecule has 7 heteroatoms. The number of hydrogen-bond donors (Lipinski definition) is 1. The minimum Gasteiger partial charge on any atom is -0.478 e. The topological polar surface area (TPSA) is 87.6 Å². The summed E-state index contributed by atoms with van der Waals surface area (Å²) >= 11 is 0. The van der Waals surface area contributed by atoms with E-state index in [4.69, 9.17) is 5.11 Å². The number of aromatic carboxylic acids is 1. The number of pyridine rings is 1. The van der Waals surface area contributed by atoms with Gasteiger partial charge >= 0.3 is 5.97 Å². The van der Waals surface area contributed by atoms with Crippen molar-refractivity contribution in [3.05, 3.63) is 23.9 Å². The Labute approximate surface area is 103 Å². The first kappa shape index (κ1) is 13.1. The van der Waals surface area contributed by atoms with Crippen LogP contribution in [0.1, 0.15) is 23.2 Å². The zero-order valence-corrected chi connectivity index (χ0v) is 9.44. The van der Waals surface area contributed by atoms with Gasteiger partial charge in [-0.15, -0.1) is 12.4 Å². The summed E-state index contributed by atoms with van der Waals surface area (Å²) in [6, 6.07) is 2.75. The maximum Gasteiger partial charge on any atom is 0.339 e. The van der Waals surface area contributed by atoms with Gasteiger partial charge in [0.05, 0.1) is 0 Å². The number of rotatable bonds is 2. The highest BCUT2D eigenvalue weighted by Gasteiger charge is 2.33. The van der Waals surface area contributed by atoms with Crippen LogP contribution in [0, 0.1) is 0 Å². The predicted molar refractivity (Wildman–Crippen MR) is 60.2 cm³/mol. The molecule has 0 aromatic carbocycles. The second-order valence-corrected chi connectivity index (χ2v) is 3.30. The van der Waals surface area contributed by atoms with Gasteiger partial charge in [0.15, 0.2) is 5.82 Å². The molecule has 90 valence electrons. The molecule has 1 aliphatic heterocycles. The van der Waals surface area contributed by atoms with Gasteiger partial charge in [-0.3, -0.25) is 9.59 Å². The highest BCUT2D eigenvalue weighted by atomic mass is 35.5. The first-order valence-corrected chi connectivity index (χ1v) is 4.65. The van der Waals surface area contributed by atoms with Crippen molar-refractivity contribution in [2.24, 2.45) is 0 Å². The van der Waals surface area contributed by atoms with Crippen LogP contribution in [-0.2, 0) is 9.59 Å². The van der Waals surface area contributed by atoms with Gasteiger partial charge in [-0.25, -0.2) is 14.7 Å². The third-order valence-corrected chi connectivity index (χ3v) is 2.28. The van der Waals surface area contributed by atoms with Gasteiger partial charge in [0.2, 0.25) is 11.8 Å². The Hall–Kier alpha value is -1.95. The third-order valence-electron chi connectivity index (χ3n) is 2.28. The standard InChI is InChI=1S/C10H8N2O4.ClH/c13-7-3-4-8(14)12(7)9-6(10(15)16)2-1-5-11-9;/h1-2,5H,3-4H2,(H,15,16);1H. The van der Waals surface area contributed by atoms with Crippen LogP contribution in [0.25, 0.3) is 0 Å². The van der Waals surface area contributed by atoms with Crippen LogP contribution < -0.4 is 4.90 Å². The number of imide groups is 1.